The number of hydrogen-bond acceptors (Lipinski definition) is 4. The molecule has 0 aliphatic heterocycles. The van der Waals surface area contributed by atoms with E-state index in [0.717, 1.165) is 5.56 Å². The fourth-order valence-electron chi connectivity index (χ4n) is 1.48. The zero-order chi connectivity index (χ0) is 13.7. The van der Waals surface area contributed by atoms with Crippen LogP contribution >= 0.6 is 0 Å². The number of aryl methyl sites for hydroxylation is 1. The van der Waals surface area contributed by atoms with E-state index < -0.39 is 4.92 Å². The monoisotopic (exact) mass is 251 g/mol. The minimum absolute atomic E-state index is 0.0664. The van der Waals surface area contributed by atoms with Crippen LogP contribution in [-0.2, 0) is 4.79 Å². The van der Waals surface area contributed by atoms with Crippen LogP contribution in [0.3, 0.4) is 0 Å². The summed E-state index contributed by atoms with van der Waals surface area (Å²) in [5.74, 6) is -0.263. The molecule has 0 aliphatic rings. The van der Waals surface area contributed by atoms with Crippen LogP contribution in [-0.4, -0.2) is 16.9 Å². The Morgan fingerprint density at radius 3 is 2.78 bits per heavy atom. The van der Waals surface area contributed by atoms with Gasteiger partial charge >= 0.3 is 0 Å². The van der Waals surface area contributed by atoms with Crippen molar-refractivity contribution in [1.82, 2.24) is 0 Å². The normalized spacial score (nSPS) is 11.9. The summed E-state index contributed by atoms with van der Waals surface area (Å²) in [5.41, 5.74) is 6.53. The molecule has 1 amide bonds. The number of nitro benzene ring substituents is 1. The first kappa shape index (κ1) is 14.1. The average molecular weight is 251 g/mol. The summed E-state index contributed by atoms with van der Waals surface area (Å²) >= 11 is 0. The zero-order valence-corrected chi connectivity index (χ0v) is 10.5. The Balaban J connectivity index is 2.79. The van der Waals surface area contributed by atoms with Crippen molar-refractivity contribution in [2.75, 3.05) is 5.32 Å². The predicted octanol–water partition coefficient (Wildman–Crippen LogP) is 1.97. The molecule has 98 valence electrons. The summed E-state index contributed by atoms with van der Waals surface area (Å²) in [6.07, 6.45) is 0.800. The van der Waals surface area contributed by atoms with Crippen LogP contribution in [0.1, 0.15) is 25.3 Å². The van der Waals surface area contributed by atoms with Crippen molar-refractivity contribution in [3.63, 3.8) is 0 Å². The number of rotatable bonds is 5. The van der Waals surface area contributed by atoms with E-state index in [4.69, 9.17) is 5.73 Å². The molecule has 0 saturated carbocycles. The van der Waals surface area contributed by atoms with Crippen molar-refractivity contribution in [3.05, 3.63) is 33.9 Å². The Labute approximate surface area is 105 Å². The molecule has 18 heavy (non-hydrogen) atoms. The zero-order valence-electron chi connectivity index (χ0n) is 10.5. The third-order valence-electron chi connectivity index (χ3n) is 2.45. The second-order valence-corrected chi connectivity index (χ2v) is 4.34. The molecule has 1 unspecified atom stereocenters. The number of nitrogens with one attached hydrogen (secondary N) is 1. The Bertz CT molecular complexity index is 458. The fourth-order valence-corrected chi connectivity index (χ4v) is 1.48. The summed E-state index contributed by atoms with van der Waals surface area (Å²) in [6, 6.07) is 4.54. The van der Waals surface area contributed by atoms with Crippen molar-refractivity contribution in [2.24, 2.45) is 5.73 Å². The maximum absolute atomic E-state index is 11.6. The molecule has 0 aliphatic carbocycles. The van der Waals surface area contributed by atoms with Gasteiger partial charge in [-0.15, -0.1) is 0 Å². The van der Waals surface area contributed by atoms with E-state index in [1.54, 1.807) is 19.1 Å². The molecule has 0 bridgehead atoms. The van der Waals surface area contributed by atoms with Crippen molar-refractivity contribution >= 4 is 17.3 Å². The highest BCUT2D eigenvalue weighted by Gasteiger charge is 2.15. The van der Waals surface area contributed by atoms with E-state index >= 15 is 0 Å². The molecule has 0 radical (unpaired) electrons. The number of anilines is 1. The van der Waals surface area contributed by atoms with Gasteiger partial charge in [-0.3, -0.25) is 14.9 Å². The number of nitro groups is 1. The highest BCUT2D eigenvalue weighted by atomic mass is 16.6. The number of nitrogens with zero attached hydrogens (tertiary/aromatic N) is 1. The highest BCUT2D eigenvalue weighted by Crippen LogP contribution is 2.25. The van der Waals surface area contributed by atoms with Gasteiger partial charge in [0.15, 0.2) is 0 Å². The summed E-state index contributed by atoms with van der Waals surface area (Å²) in [4.78, 5) is 21.9. The molecular formula is C12H17N3O3. The van der Waals surface area contributed by atoms with Crippen molar-refractivity contribution in [2.45, 2.75) is 32.7 Å². The van der Waals surface area contributed by atoms with Crippen LogP contribution in [0.25, 0.3) is 0 Å². The van der Waals surface area contributed by atoms with E-state index in [0.29, 0.717) is 6.42 Å². The molecule has 3 N–H and O–H groups in total. The van der Waals surface area contributed by atoms with Gasteiger partial charge in [-0.05, 0) is 31.9 Å². The van der Waals surface area contributed by atoms with E-state index in [2.05, 4.69) is 5.32 Å². The largest absolute Gasteiger partial charge is 0.328 e. The summed E-state index contributed by atoms with van der Waals surface area (Å²) in [5, 5.41) is 13.4. The maximum atomic E-state index is 11.6. The molecular weight excluding hydrogens is 234 g/mol. The number of amides is 1. The third-order valence-corrected chi connectivity index (χ3v) is 2.45. The van der Waals surface area contributed by atoms with Gasteiger partial charge in [0.25, 0.3) is 5.69 Å². The van der Waals surface area contributed by atoms with Gasteiger partial charge in [-0.2, -0.15) is 0 Å². The Morgan fingerprint density at radius 1 is 1.56 bits per heavy atom. The van der Waals surface area contributed by atoms with Crippen LogP contribution in [0.15, 0.2) is 18.2 Å². The standard InChI is InChI=1S/C12H17N3O3/c1-8-3-5-11(15(17)18)10(7-8)14-12(16)6-4-9(2)13/h3,5,7,9H,4,6,13H2,1-2H3,(H,14,16). The molecule has 6 heteroatoms. The maximum Gasteiger partial charge on any atom is 0.292 e. The van der Waals surface area contributed by atoms with Crippen molar-refractivity contribution in [3.8, 4) is 0 Å². The first-order valence-corrected chi connectivity index (χ1v) is 5.70. The minimum Gasteiger partial charge on any atom is -0.328 e. The van der Waals surface area contributed by atoms with Gasteiger partial charge < -0.3 is 11.1 Å². The summed E-state index contributed by atoms with van der Waals surface area (Å²) < 4.78 is 0. The Morgan fingerprint density at radius 2 is 2.22 bits per heavy atom. The van der Waals surface area contributed by atoms with Crippen molar-refractivity contribution in [1.29, 1.82) is 0 Å². The van der Waals surface area contributed by atoms with Gasteiger partial charge in [0.05, 0.1) is 4.92 Å². The summed E-state index contributed by atoms with van der Waals surface area (Å²) in [6.45, 7) is 3.61. The molecule has 0 heterocycles. The van der Waals surface area contributed by atoms with E-state index in [1.807, 2.05) is 6.92 Å². The predicted molar refractivity (Wildman–Crippen MR) is 69.3 cm³/mol. The molecule has 1 rings (SSSR count). The molecule has 1 aromatic carbocycles. The van der Waals surface area contributed by atoms with Crippen molar-refractivity contribution < 1.29 is 9.72 Å². The van der Waals surface area contributed by atoms with Gasteiger partial charge in [0.1, 0.15) is 5.69 Å². The van der Waals surface area contributed by atoms with Crippen LogP contribution in [0.5, 0.6) is 0 Å². The van der Waals surface area contributed by atoms with Crippen LogP contribution in [0.2, 0.25) is 0 Å². The topological polar surface area (TPSA) is 98.3 Å². The summed E-state index contributed by atoms with van der Waals surface area (Å²) in [7, 11) is 0. The quantitative estimate of drug-likeness (QED) is 0.617. The van der Waals surface area contributed by atoms with Gasteiger partial charge in [-0.25, -0.2) is 0 Å². The van der Waals surface area contributed by atoms with Gasteiger partial charge in [0.2, 0.25) is 5.91 Å². The van der Waals surface area contributed by atoms with E-state index in [-0.39, 0.29) is 29.7 Å². The number of benzene rings is 1. The first-order chi connectivity index (χ1) is 8.40. The first-order valence-electron chi connectivity index (χ1n) is 5.70. The molecule has 0 spiro atoms. The van der Waals surface area contributed by atoms with Gasteiger partial charge in [0, 0.05) is 18.5 Å². The lowest BCUT2D eigenvalue weighted by molar-refractivity contribution is -0.383. The molecule has 1 aromatic rings. The lowest BCUT2D eigenvalue weighted by atomic mass is 10.1. The third kappa shape index (κ3) is 4.14. The van der Waals surface area contributed by atoms with E-state index in [9.17, 15) is 14.9 Å². The number of carbonyl (C=O) groups excluding carboxylic acids is 1. The van der Waals surface area contributed by atoms with Crippen LogP contribution in [0, 0.1) is 17.0 Å². The molecule has 1 atom stereocenters. The lowest BCUT2D eigenvalue weighted by Gasteiger charge is -2.08. The van der Waals surface area contributed by atoms with Gasteiger partial charge in [-0.1, -0.05) is 6.07 Å². The smallest absolute Gasteiger partial charge is 0.292 e. The molecule has 6 nitrogen and oxygen atoms in total. The fraction of sp³-hybridized carbons (Fsp3) is 0.417. The van der Waals surface area contributed by atoms with Crippen LogP contribution < -0.4 is 11.1 Å². The number of nitrogens with two attached hydrogens (primary N) is 1. The second kappa shape index (κ2) is 6.11. The van der Waals surface area contributed by atoms with Crippen LogP contribution in [0.4, 0.5) is 11.4 Å². The molecule has 0 saturated heterocycles. The second-order valence-electron chi connectivity index (χ2n) is 4.34. The molecule has 0 aromatic heterocycles. The van der Waals surface area contributed by atoms with E-state index in [1.165, 1.54) is 6.07 Å². The minimum atomic E-state index is -0.513. The Kier molecular flexibility index (Phi) is 4.79. The SMILES string of the molecule is Cc1ccc([N+](=O)[O-])c(NC(=O)CCC(C)N)c1. The average Bonchev–Trinajstić information content (AvgIpc) is 2.26. The number of carbonyl (C=O) groups is 1. The lowest BCUT2D eigenvalue weighted by Crippen LogP contribution is -2.19. The highest BCUT2D eigenvalue weighted by molar-refractivity contribution is 5.93. The Hall–Kier alpha value is -1.95. The molecule has 0 fully saturated rings. The number of hydrogen-bond donors (Lipinski definition) is 2.